The highest BCUT2D eigenvalue weighted by atomic mass is 32.1. The van der Waals surface area contributed by atoms with Crippen LogP contribution in [0.5, 0.6) is 0 Å². The third-order valence-electron chi connectivity index (χ3n) is 3.02. The number of benzene rings is 1. The molecule has 2 rings (SSSR count). The summed E-state index contributed by atoms with van der Waals surface area (Å²) in [6.45, 7) is 1.75. The fourth-order valence-electron chi connectivity index (χ4n) is 1.84. The standard InChI is InChI=1S/C14H13N3O5S/c1-8-11(6-7-12(18)19)23-14(15-8)16-13(20)9-2-4-10(5-3-9)17(21)22/h2-5H,6-7H2,1H3,(H,18,19)(H,15,16,20). The molecule has 1 aromatic heterocycles. The maximum Gasteiger partial charge on any atom is 0.303 e. The highest BCUT2D eigenvalue weighted by Crippen LogP contribution is 2.24. The van der Waals surface area contributed by atoms with E-state index in [0.29, 0.717) is 17.2 Å². The molecule has 0 radical (unpaired) electrons. The Bertz CT molecular complexity index is 754. The van der Waals surface area contributed by atoms with Crippen LogP contribution in [-0.4, -0.2) is 26.9 Å². The maximum absolute atomic E-state index is 12.1. The molecule has 2 N–H and O–H groups in total. The smallest absolute Gasteiger partial charge is 0.303 e. The first-order valence-electron chi connectivity index (χ1n) is 6.60. The number of nitro benzene ring substituents is 1. The number of rotatable bonds is 6. The normalized spacial score (nSPS) is 10.3. The Morgan fingerprint density at radius 2 is 2.00 bits per heavy atom. The topological polar surface area (TPSA) is 122 Å². The van der Waals surface area contributed by atoms with Crippen molar-refractivity contribution in [3.05, 3.63) is 50.5 Å². The first kappa shape index (κ1) is 16.6. The summed E-state index contributed by atoms with van der Waals surface area (Å²) in [5.74, 6) is -1.33. The van der Waals surface area contributed by atoms with Gasteiger partial charge in [0, 0.05) is 22.6 Å². The molecule has 1 aromatic carbocycles. The van der Waals surface area contributed by atoms with Crippen LogP contribution in [0.1, 0.15) is 27.3 Å². The summed E-state index contributed by atoms with van der Waals surface area (Å²) in [4.78, 5) is 37.7. The van der Waals surface area contributed by atoms with Crippen molar-refractivity contribution in [2.45, 2.75) is 19.8 Å². The molecule has 23 heavy (non-hydrogen) atoms. The number of aliphatic carboxylic acids is 1. The molecule has 0 unspecified atom stereocenters. The van der Waals surface area contributed by atoms with E-state index < -0.39 is 16.8 Å². The second kappa shape index (κ2) is 6.97. The number of hydrogen-bond donors (Lipinski definition) is 2. The molecule has 0 saturated carbocycles. The van der Waals surface area contributed by atoms with Gasteiger partial charge in [0.15, 0.2) is 5.13 Å². The monoisotopic (exact) mass is 335 g/mol. The summed E-state index contributed by atoms with van der Waals surface area (Å²) in [7, 11) is 0. The zero-order chi connectivity index (χ0) is 17.0. The quantitative estimate of drug-likeness (QED) is 0.618. The van der Waals surface area contributed by atoms with Crippen LogP contribution < -0.4 is 5.32 Å². The minimum atomic E-state index is -0.894. The van der Waals surface area contributed by atoms with E-state index >= 15 is 0 Å². The van der Waals surface area contributed by atoms with Crippen molar-refractivity contribution in [1.29, 1.82) is 0 Å². The van der Waals surface area contributed by atoms with Crippen molar-refractivity contribution >= 4 is 34.0 Å². The van der Waals surface area contributed by atoms with Crippen LogP contribution in [0.2, 0.25) is 0 Å². The van der Waals surface area contributed by atoms with Crippen LogP contribution in [0.15, 0.2) is 24.3 Å². The fourth-order valence-corrected chi connectivity index (χ4v) is 2.79. The van der Waals surface area contributed by atoms with E-state index in [1.807, 2.05) is 0 Å². The van der Waals surface area contributed by atoms with Crippen LogP contribution in [0.4, 0.5) is 10.8 Å². The number of carbonyl (C=O) groups is 2. The predicted octanol–water partition coefficient (Wildman–Crippen LogP) is 2.63. The number of nitro groups is 1. The number of non-ortho nitro benzene ring substituents is 1. The van der Waals surface area contributed by atoms with Crippen LogP contribution in [0.3, 0.4) is 0 Å². The lowest BCUT2D eigenvalue weighted by atomic mass is 10.2. The van der Waals surface area contributed by atoms with Gasteiger partial charge in [0.05, 0.1) is 17.0 Å². The lowest BCUT2D eigenvalue weighted by Crippen LogP contribution is -2.11. The zero-order valence-electron chi connectivity index (χ0n) is 12.1. The molecular weight excluding hydrogens is 322 g/mol. The van der Waals surface area contributed by atoms with Crippen molar-refractivity contribution in [3.8, 4) is 0 Å². The van der Waals surface area contributed by atoms with Crippen molar-refractivity contribution < 1.29 is 19.6 Å². The Hall–Kier alpha value is -2.81. The largest absolute Gasteiger partial charge is 0.481 e. The number of thiazole rings is 1. The number of amides is 1. The summed E-state index contributed by atoms with van der Waals surface area (Å²) in [5.41, 5.74) is 0.855. The van der Waals surface area contributed by atoms with Crippen LogP contribution >= 0.6 is 11.3 Å². The molecule has 9 heteroatoms. The van der Waals surface area contributed by atoms with Crippen molar-refractivity contribution in [1.82, 2.24) is 4.98 Å². The number of nitrogens with zero attached hydrogens (tertiary/aromatic N) is 2. The molecule has 1 heterocycles. The van der Waals surface area contributed by atoms with Gasteiger partial charge < -0.3 is 5.11 Å². The number of carboxylic acid groups (broad SMARTS) is 1. The lowest BCUT2D eigenvalue weighted by molar-refractivity contribution is -0.384. The summed E-state index contributed by atoms with van der Waals surface area (Å²) in [6, 6.07) is 5.22. The first-order chi connectivity index (χ1) is 10.9. The van der Waals surface area contributed by atoms with Gasteiger partial charge in [-0.1, -0.05) is 0 Å². The number of aryl methyl sites for hydroxylation is 2. The number of hydrogen-bond acceptors (Lipinski definition) is 6. The molecular formula is C14H13N3O5S. The number of carboxylic acids is 1. The molecule has 120 valence electrons. The number of nitrogens with one attached hydrogen (secondary N) is 1. The molecule has 0 bridgehead atoms. The van der Waals surface area contributed by atoms with Crippen molar-refractivity contribution in [2.24, 2.45) is 0 Å². The summed E-state index contributed by atoms with van der Waals surface area (Å²) in [6.07, 6.45) is 0.352. The second-order valence-electron chi connectivity index (χ2n) is 4.68. The SMILES string of the molecule is Cc1nc(NC(=O)c2ccc([N+](=O)[O-])cc2)sc1CCC(=O)O. The Morgan fingerprint density at radius 3 is 2.57 bits per heavy atom. The molecule has 0 saturated heterocycles. The highest BCUT2D eigenvalue weighted by Gasteiger charge is 2.14. The summed E-state index contributed by atoms with van der Waals surface area (Å²) in [5, 5.41) is 22.2. The fraction of sp³-hybridized carbons (Fsp3) is 0.214. The van der Waals surface area contributed by atoms with E-state index in [9.17, 15) is 19.7 Å². The van der Waals surface area contributed by atoms with Gasteiger partial charge >= 0.3 is 5.97 Å². The molecule has 0 aliphatic carbocycles. The van der Waals surface area contributed by atoms with E-state index in [1.165, 1.54) is 35.6 Å². The van der Waals surface area contributed by atoms with Gasteiger partial charge in [0.25, 0.3) is 11.6 Å². The highest BCUT2D eigenvalue weighted by molar-refractivity contribution is 7.15. The Morgan fingerprint density at radius 1 is 1.35 bits per heavy atom. The molecule has 0 fully saturated rings. The number of carbonyl (C=O) groups excluding carboxylic acids is 1. The van der Waals surface area contributed by atoms with E-state index in [-0.39, 0.29) is 17.7 Å². The van der Waals surface area contributed by atoms with Crippen LogP contribution in [0, 0.1) is 17.0 Å². The third-order valence-corrected chi connectivity index (χ3v) is 4.15. The van der Waals surface area contributed by atoms with Gasteiger partial charge in [-0.25, -0.2) is 4.98 Å². The van der Waals surface area contributed by atoms with E-state index in [4.69, 9.17) is 5.11 Å². The van der Waals surface area contributed by atoms with Gasteiger partial charge in [0.1, 0.15) is 0 Å². The lowest BCUT2D eigenvalue weighted by Gasteiger charge is -2.01. The van der Waals surface area contributed by atoms with Gasteiger partial charge in [-0.3, -0.25) is 25.0 Å². The molecule has 0 atom stereocenters. The molecule has 2 aromatic rings. The van der Waals surface area contributed by atoms with E-state index in [1.54, 1.807) is 6.92 Å². The number of aromatic nitrogens is 1. The Balaban J connectivity index is 2.06. The van der Waals surface area contributed by atoms with Gasteiger partial charge in [0.2, 0.25) is 0 Å². The van der Waals surface area contributed by atoms with Crippen molar-refractivity contribution in [3.63, 3.8) is 0 Å². The second-order valence-corrected chi connectivity index (χ2v) is 5.76. The number of anilines is 1. The molecule has 0 aliphatic heterocycles. The van der Waals surface area contributed by atoms with Crippen LogP contribution in [0.25, 0.3) is 0 Å². The van der Waals surface area contributed by atoms with Gasteiger partial charge in [-0.2, -0.15) is 0 Å². The van der Waals surface area contributed by atoms with Gasteiger partial charge in [-0.05, 0) is 25.5 Å². The van der Waals surface area contributed by atoms with Crippen molar-refractivity contribution in [2.75, 3.05) is 5.32 Å². The predicted molar refractivity (Wildman–Crippen MR) is 83.9 cm³/mol. The summed E-state index contributed by atoms with van der Waals surface area (Å²) < 4.78 is 0. The maximum atomic E-state index is 12.1. The third kappa shape index (κ3) is 4.33. The van der Waals surface area contributed by atoms with Gasteiger partial charge in [-0.15, -0.1) is 11.3 Å². The average Bonchev–Trinajstić information content (AvgIpc) is 2.84. The molecule has 8 nitrogen and oxygen atoms in total. The summed E-state index contributed by atoms with van der Waals surface area (Å²) >= 11 is 1.22. The molecule has 1 amide bonds. The zero-order valence-corrected chi connectivity index (χ0v) is 12.9. The molecule has 0 spiro atoms. The Labute approximate surface area is 134 Å². The minimum absolute atomic E-state index is 0.00122. The molecule has 0 aliphatic rings. The van der Waals surface area contributed by atoms with E-state index in [0.717, 1.165) is 4.88 Å². The Kier molecular flexibility index (Phi) is 5.02. The van der Waals surface area contributed by atoms with Crippen LogP contribution in [-0.2, 0) is 11.2 Å². The average molecular weight is 335 g/mol. The van der Waals surface area contributed by atoms with E-state index in [2.05, 4.69) is 10.3 Å². The first-order valence-corrected chi connectivity index (χ1v) is 7.42. The minimum Gasteiger partial charge on any atom is -0.481 e.